The number of rotatable bonds is 6. The van der Waals surface area contributed by atoms with Crippen LogP contribution in [0.4, 0.5) is 28.4 Å². The maximum Gasteiger partial charge on any atom is 0.573 e. The SMILES string of the molecule is CCOC(=O)N1CCN(C[C@@H]2OC(=O)N(c3ccc(Cl)cc3)[C@H]2c2cccc(OC(F)(F)F)c2)CC1. The Bertz CT molecular complexity index is 1080. The highest BCUT2D eigenvalue weighted by Gasteiger charge is 2.45. The summed E-state index contributed by atoms with van der Waals surface area (Å²) in [6.45, 7) is 4.29. The van der Waals surface area contributed by atoms with Gasteiger partial charge in [-0.05, 0) is 48.9 Å². The molecular formula is C24H25ClF3N3O5. The van der Waals surface area contributed by atoms with Crippen molar-refractivity contribution in [2.45, 2.75) is 25.4 Å². The van der Waals surface area contributed by atoms with Crippen LogP contribution in [0.15, 0.2) is 48.5 Å². The van der Waals surface area contributed by atoms with Crippen molar-refractivity contribution in [1.82, 2.24) is 9.80 Å². The second kappa shape index (κ2) is 10.8. The molecule has 2 aromatic carbocycles. The van der Waals surface area contributed by atoms with E-state index in [1.807, 2.05) is 4.90 Å². The molecule has 0 aliphatic carbocycles. The van der Waals surface area contributed by atoms with Crippen molar-refractivity contribution in [2.75, 3.05) is 44.2 Å². The Kier molecular flexibility index (Phi) is 7.79. The van der Waals surface area contributed by atoms with Crippen LogP contribution in [0.1, 0.15) is 18.5 Å². The minimum absolute atomic E-state index is 0.288. The highest BCUT2D eigenvalue weighted by atomic mass is 35.5. The van der Waals surface area contributed by atoms with Crippen molar-refractivity contribution in [1.29, 1.82) is 0 Å². The third kappa shape index (κ3) is 6.14. The molecule has 194 valence electrons. The average Bonchev–Trinajstić information content (AvgIpc) is 3.14. The van der Waals surface area contributed by atoms with Crippen LogP contribution in [0.2, 0.25) is 5.02 Å². The van der Waals surface area contributed by atoms with Crippen molar-refractivity contribution < 1.29 is 37.0 Å². The number of anilines is 1. The number of carbonyl (C=O) groups excluding carboxylic acids is 2. The monoisotopic (exact) mass is 527 g/mol. The Morgan fingerprint density at radius 1 is 1.11 bits per heavy atom. The smallest absolute Gasteiger partial charge is 0.450 e. The molecule has 8 nitrogen and oxygen atoms in total. The van der Waals surface area contributed by atoms with Gasteiger partial charge in [0.05, 0.1) is 6.61 Å². The van der Waals surface area contributed by atoms with Crippen LogP contribution in [0.5, 0.6) is 5.75 Å². The molecule has 2 aromatic rings. The molecule has 2 amide bonds. The molecule has 36 heavy (non-hydrogen) atoms. The van der Waals surface area contributed by atoms with Gasteiger partial charge in [0.2, 0.25) is 0 Å². The van der Waals surface area contributed by atoms with Gasteiger partial charge >= 0.3 is 18.5 Å². The second-order valence-electron chi connectivity index (χ2n) is 8.32. The van der Waals surface area contributed by atoms with Gasteiger partial charge < -0.3 is 19.1 Å². The predicted molar refractivity (Wildman–Crippen MR) is 125 cm³/mol. The van der Waals surface area contributed by atoms with Crippen LogP contribution in [-0.4, -0.2) is 73.8 Å². The molecule has 0 bridgehead atoms. The first kappa shape index (κ1) is 25.9. The van der Waals surface area contributed by atoms with Crippen LogP contribution < -0.4 is 9.64 Å². The van der Waals surface area contributed by atoms with E-state index in [1.165, 1.54) is 23.1 Å². The molecule has 2 aliphatic heterocycles. The van der Waals surface area contributed by atoms with E-state index in [-0.39, 0.29) is 12.7 Å². The van der Waals surface area contributed by atoms with E-state index in [9.17, 15) is 22.8 Å². The van der Waals surface area contributed by atoms with Gasteiger partial charge in [-0.3, -0.25) is 9.80 Å². The van der Waals surface area contributed by atoms with Crippen molar-refractivity contribution in [3.05, 3.63) is 59.1 Å². The number of ether oxygens (including phenoxy) is 3. The van der Waals surface area contributed by atoms with E-state index in [2.05, 4.69) is 4.74 Å². The number of piperazine rings is 1. The molecule has 0 radical (unpaired) electrons. The lowest BCUT2D eigenvalue weighted by Crippen LogP contribution is -2.51. The Morgan fingerprint density at radius 2 is 1.81 bits per heavy atom. The first-order valence-corrected chi connectivity index (χ1v) is 11.8. The largest absolute Gasteiger partial charge is 0.573 e. The van der Waals surface area contributed by atoms with Gasteiger partial charge in [-0.1, -0.05) is 23.7 Å². The number of hydrogen-bond donors (Lipinski definition) is 0. The minimum Gasteiger partial charge on any atom is -0.450 e. The summed E-state index contributed by atoms with van der Waals surface area (Å²) in [5.74, 6) is -0.391. The summed E-state index contributed by atoms with van der Waals surface area (Å²) in [7, 11) is 0. The number of carbonyl (C=O) groups is 2. The van der Waals surface area contributed by atoms with Gasteiger partial charge in [0.1, 0.15) is 17.9 Å². The van der Waals surface area contributed by atoms with Crippen LogP contribution >= 0.6 is 11.6 Å². The standard InChI is InChI=1S/C24H25ClF3N3O5/c1-2-34-22(32)30-12-10-29(11-13-30)15-20-21(16-4-3-5-19(14-16)36-24(26,27)28)31(23(33)35-20)18-8-6-17(25)7-9-18/h3-9,14,20-21H,2,10-13,15H2,1H3/t20-,21-/m0/s1. The number of benzene rings is 2. The Morgan fingerprint density at radius 3 is 2.44 bits per heavy atom. The van der Waals surface area contributed by atoms with Crippen LogP contribution in [-0.2, 0) is 9.47 Å². The Hall–Kier alpha value is -3.18. The minimum atomic E-state index is -4.85. The van der Waals surface area contributed by atoms with Gasteiger partial charge in [0, 0.05) is 43.4 Å². The zero-order valence-electron chi connectivity index (χ0n) is 19.4. The first-order chi connectivity index (χ1) is 17.1. The fourth-order valence-corrected chi connectivity index (χ4v) is 4.50. The van der Waals surface area contributed by atoms with E-state index in [0.717, 1.165) is 0 Å². The number of halogens is 4. The zero-order valence-corrected chi connectivity index (χ0v) is 20.2. The molecular weight excluding hydrogens is 503 g/mol. The fraction of sp³-hybridized carbons (Fsp3) is 0.417. The Balaban J connectivity index is 1.58. The third-order valence-corrected chi connectivity index (χ3v) is 6.21. The summed E-state index contributed by atoms with van der Waals surface area (Å²) in [5.41, 5.74) is 0.916. The number of alkyl halides is 3. The maximum absolute atomic E-state index is 13.0. The van der Waals surface area contributed by atoms with E-state index in [1.54, 1.807) is 42.2 Å². The summed E-state index contributed by atoms with van der Waals surface area (Å²) in [6.07, 6.45) is -6.55. The molecule has 0 N–H and O–H groups in total. The van der Waals surface area contributed by atoms with E-state index < -0.39 is 30.4 Å². The van der Waals surface area contributed by atoms with Crippen LogP contribution in [0.25, 0.3) is 0 Å². The van der Waals surface area contributed by atoms with Crippen molar-refractivity contribution in [2.24, 2.45) is 0 Å². The number of amides is 2. The molecule has 2 fully saturated rings. The number of nitrogens with zero attached hydrogens (tertiary/aromatic N) is 3. The van der Waals surface area contributed by atoms with E-state index in [4.69, 9.17) is 21.1 Å². The summed E-state index contributed by atoms with van der Waals surface area (Å²) in [4.78, 5) is 30.0. The van der Waals surface area contributed by atoms with Gasteiger partial charge in [0.25, 0.3) is 0 Å². The molecule has 0 unspecified atom stereocenters. The molecule has 2 saturated heterocycles. The van der Waals surface area contributed by atoms with Gasteiger partial charge in [-0.25, -0.2) is 9.59 Å². The molecule has 0 aromatic heterocycles. The average molecular weight is 528 g/mol. The van der Waals surface area contributed by atoms with Gasteiger partial charge in [-0.2, -0.15) is 0 Å². The molecule has 0 spiro atoms. The summed E-state index contributed by atoms with van der Waals surface area (Å²) in [6, 6.07) is 11.3. The summed E-state index contributed by atoms with van der Waals surface area (Å²) in [5, 5.41) is 0.472. The first-order valence-electron chi connectivity index (χ1n) is 11.4. The van der Waals surface area contributed by atoms with Crippen molar-refractivity contribution >= 4 is 29.5 Å². The van der Waals surface area contributed by atoms with E-state index >= 15 is 0 Å². The number of hydrogen-bond acceptors (Lipinski definition) is 6. The molecule has 2 heterocycles. The highest BCUT2D eigenvalue weighted by molar-refractivity contribution is 6.30. The zero-order chi connectivity index (χ0) is 25.9. The molecule has 12 heteroatoms. The van der Waals surface area contributed by atoms with Crippen LogP contribution in [0, 0.1) is 0 Å². The highest BCUT2D eigenvalue weighted by Crippen LogP contribution is 2.39. The second-order valence-corrected chi connectivity index (χ2v) is 8.76. The molecule has 2 atom stereocenters. The lowest BCUT2D eigenvalue weighted by atomic mass is 9.99. The lowest BCUT2D eigenvalue weighted by molar-refractivity contribution is -0.274. The van der Waals surface area contributed by atoms with Gasteiger partial charge in [-0.15, -0.1) is 13.2 Å². The maximum atomic E-state index is 13.0. The lowest BCUT2D eigenvalue weighted by Gasteiger charge is -2.36. The predicted octanol–water partition coefficient (Wildman–Crippen LogP) is 5.08. The molecule has 0 saturated carbocycles. The summed E-state index contributed by atoms with van der Waals surface area (Å²) >= 11 is 6.00. The van der Waals surface area contributed by atoms with Crippen molar-refractivity contribution in [3.63, 3.8) is 0 Å². The van der Waals surface area contributed by atoms with Crippen LogP contribution in [0.3, 0.4) is 0 Å². The van der Waals surface area contributed by atoms with Crippen molar-refractivity contribution in [3.8, 4) is 5.75 Å². The van der Waals surface area contributed by atoms with Gasteiger partial charge in [0.15, 0.2) is 0 Å². The number of cyclic esters (lactones) is 1. The third-order valence-electron chi connectivity index (χ3n) is 5.95. The van der Waals surface area contributed by atoms with E-state index in [0.29, 0.717) is 49.0 Å². The molecule has 2 aliphatic rings. The normalized spacial score (nSPS) is 20.9. The Labute approximate surface area is 211 Å². The molecule has 4 rings (SSSR count). The fourth-order valence-electron chi connectivity index (χ4n) is 4.38. The summed E-state index contributed by atoms with van der Waals surface area (Å²) < 4.78 is 53.4. The quantitative estimate of drug-likeness (QED) is 0.522. The topological polar surface area (TPSA) is 71.6 Å².